The minimum Gasteiger partial charge on any atom is -0.355 e. The Morgan fingerprint density at radius 1 is 1.47 bits per heavy atom. The van der Waals surface area contributed by atoms with Crippen LogP contribution in [0.2, 0.25) is 5.02 Å². The molecule has 4 heteroatoms. The lowest BCUT2D eigenvalue weighted by Gasteiger charge is -2.13. The molecule has 0 aliphatic rings. The molecule has 1 N–H and O–H groups in total. The summed E-state index contributed by atoms with van der Waals surface area (Å²) < 4.78 is 0. The van der Waals surface area contributed by atoms with Crippen LogP contribution < -0.4 is 5.32 Å². The van der Waals surface area contributed by atoms with Gasteiger partial charge in [-0.3, -0.25) is 4.79 Å². The molecule has 94 valence electrons. The van der Waals surface area contributed by atoms with E-state index in [1.54, 1.807) is 0 Å². The van der Waals surface area contributed by atoms with Crippen molar-refractivity contribution >= 4 is 33.4 Å². The number of rotatable bonds is 5. The highest BCUT2D eigenvalue weighted by Crippen LogP contribution is 2.12. The number of halogens is 2. The van der Waals surface area contributed by atoms with Crippen LogP contribution >= 0.6 is 27.5 Å². The monoisotopic (exact) mass is 317 g/mol. The van der Waals surface area contributed by atoms with Gasteiger partial charge in [0.15, 0.2) is 0 Å². The van der Waals surface area contributed by atoms with Gasteiger partial charge in [-0.05, 0) is 30.0 Å². The molecule has 1 aromatic carbocycles. The maximum absolute atomic E-state index is 11.7. The third-order valence-electron chi connectivity index (χ3n) is 2.44. The lowest BCUT2D eigenvalue weighted by Crippen LogP contribution is -2.35. The number of carbonyl (C=O) groups is 1. The highest BCUT2D eigenvalue weighted by Gasteiger charge is 2.17. The highest BCUT2D eigenvalue weighted by molar-refractivity contribution is 9.10. The van der Waals surface area contributed by atoms with Crippen LogP contribution in [0.25, 0.3) is 0 Å². The van der Waals surface area contributed by atoms with Crippen molar-refractivity contribution in [2.45, 2.75) is 25.1 Å². The summed E-state index contributed by atoms with van der Waals surface area (Å²) in [7, 11) is 0. The number of alkyl halides is 1. The Hall–Kier alpha value is -0.540. The zero-order valence-electron chi connectivity index (χ0n) is 10.0. The first kappa shape index (κ1) is 14.5. The Bertz CT molecular complexity index is 381. The van der Waals surface area contributed by atoms with Gasteiger partial charge in [0.2, 0.25) is 5.91 Å². The van der Waals surface area contributed by atoms with Crippen molar-refractivity contribution in [1.82, 2.24) is 5.32 Å². The number of hydrogen-bond donors (Lipinski definition) is 1. The largest absolute Gasteiger partial charge is 0.355 e. The third-order valence-corrected chi connectivity index (χ3v) is 4.15. The van der Waals surface area contributed by atoms with Crippen molar-refractivity contribution in [2.24, 2.45) is 5.92 Å². The van der Waals surface area contributed by atoms with E-state index in [9.17, 15) is 4.79 Å². The second kappa shape index (κ2) is 7.02. The van der Waals surface area contributed by atoms with Crippen LogP contribution in [0.4, 0.5) is 0 Å². The third kappa shape index (κ3) is 5.09. The maximum atomic E-state index is 11.7. The Labute approximate surface area is 116 Å². The summed E-state index contributed by atoms with van der Waals surface area (Å²) in [6.07, 6.45) is 0.796. The van der Waals surface area contributed by atoms with E-state index in [2.05, 4.69) is 21.2 Å². The van der Waals surface area contributed by atoms with Crippen molar-refractivity contribution in [1.29, 1.82) is 0 Å². The van der Waals surface area contributed by atoms with Gasteiger partial charge in [-0.2, -0.15) is 0 Å². The number of carbonyl (C=O) groups excluding carboxylic acids is 1. The molecule has 1 aromatic rings. The topological polar surface area (TPSA) is 29.1 Å². The Balaban J connectivity index is 2.35. The van der Waals surface area contributed by atoms with Crippen LogP contribution in [0.15, 0.2) is 24.3 Å². The van der Waals surface area contributed by atoms with E-state index in [4.69, 9.17) is 11.6 Å². The summed E-state index contributed by atoms with van der Waals surface area (Å²) >= 11 is 9.26. The zero-order chi connectivity index (χ0) is 12.8. The van der Waals surface area contributed by atoms with E-state index in [0.29, 0.717) is 12.5 Å². The first-order chi connectivity index (χ1) is 8.00. The van der Waals surface area contributed by atoms with Gasteiger partial charge in [0, 0.05) is 11.6 Å². The fraction of sp³-hybridized carbons (Fsp3) is 0.462. The van der Waals surface area contributed by atoms with Crippen LogP contribution in [0.1, 0.15) is 19.4 Å². The van der Waals surface area contributed by atoms with Crippen molar-refractivity contribution in [3.05, 3.63) is 34.9 Å². The molecular formula is C13H17BrClNO. The number of benzene rings is 1. The van der Waals surface area contributed by atoms with Crippen LogP contribution in [-0.4, -0.2) is 17.3 Å². The van der Waals surface area contributed by atoms with Crippen LogP contribution in [0.5, 0.6) is 0 Å². The predicted molar refractivity (Wildman–Crippen MR) is 75.7 cm³/mol. The van der Waals surface area contributed by atoms with Crippen LogP contribution in [-0.2, 0) is 11.2 Å². The Morgan fingerprint density at radius 2 is 2.18 bits per heavy atom. The minimum atomic E-state index is -0.123. The minimum absolute atomic E-state index is 0.0435. The summed E-state index contributed by atoms with van der Waals surface area (Å²) in [5, 5.41) is 3.63. The number of amides is 1. The Kier molecular flexibility index (Phi) is 6.00. The molecule has 0 radical (unpaired) electrons. The second-order valence-corrected chi connectivity index (χ2v) is 5.74. The fourth-order valence-electron chi connectivity index (χ4n) is 1.42. The van der Waals surface area contributed by atoms with E-state index in [1.165, 1.54) is 0 Å². The van der Waals surface area contributed by atoms with Gasteiger partial charge in [0.1, 0.15) is 0 Å². The van der Waals surface area contributed by atoms with Gasteiger partial charge in [-0.1, -0.05) is 53.5 Å². The lowest BCUT2D eigenvalue weighted by atomic mass is 10.1. The van der Waals surface area contributed by atoms with Gasteiger partial charge < -0.3 is 5.32 Å². The molecule has 0 bridgehead atoms. The van der Waals surface area contributed by atoms with Crippen molar-refractivity contribution < 1.29 is 4.79 Å². The molecule has 0 aliphatic carbocycles. The molecule has 17 heavy (non-hydrogen) atoms. The summed E-state index contributed by atoms with van der Waals surface area (Å²) in [6, 6.07) is 7.69. The van der Waals surface area contributed by atoms with Gasteiger partial charge in [0.05, 0.1) is 4.83 Å². The lowest BCUT2D eigenvalue weighted by molar-refractivity contribution is -0.121. The van der Waals surface area contributed by atoms with E-state index in [1.807, 2.05) is 38.1 Å². The maximum Gasteiger partial charge on any atom is 0.234 e. The fourth-order valence-corrected chi connectivity index (χ4v) is 1.80. The quantitative estimate of drug-likeness (QED) is 0.828. The first-order valence-electron chi connectivity index (χ1n) is 5.67. The van der Waals surface area contributed by atoms with Gasteiger partial charge in [-0.25, -0.2) is 0 Å². The zero-order valence-corrected chi connectivity index (χ0v) is 12.4. The number of hydrogen-bond acceptors (Lipinski definition) is 1. The molecule has 1 atom stereocenters. The average molecular weight is 319 g/mol. The summed E-state index contributed by atoms with van der Waals surface area (Å²) in [5.74, 6) is 0.336. The second-order valence-electron chi connectivity index (χ2n) is 4.32. The summed E-state index contributed by atoms with van der Waals surface area (Å²) in [4.78, 5) is 11.5. The molecule has 0 heterocycles. The molecule has 1 unspecified atom stereocenters. The van der Waals surface area contributed by atoms with Gasteiger partial charge in [0.25, 0.3) is 0 Å². The molecule has 0 aromatic heterocycles. The normalized spacial score (nSPS) is 12.5. The van der Waals surface area contributed by atoms with E-state index in [-0.39, 0.29) is 10.7 Å². The molecule has 1 amide bonds. The molecule has 0 fully saturated rings. The first-order valence-corrected chi connectivity index (χ1v) is 6.96. The predicted octanol–water partition coefficient (Wildman–Crippen LogP) is 3.42. The standard InChI is InChI=1S/C13H17BrClNO/c1-9(2)12(14)13(17)16-7-6-10-4-3-5-11(15)8-10/h3-5,8-9,12H,6-7H2,1-2H3,(H,16,17). The van der Waals surface area contributed by atoms with Gasteiger partial charge in [-0.15, -0.1) is 0 Å². The summed E-state index contributed by atoms with van der Waals surface area (Å²) in [6.45, 7) is 4.65. The summed E-state index contributed by atoms with van der Waals surface area (Å²) in [5.41, 5.74) is 1.13. The van der Waals surface area contributed by atoms with Gasteiger partial charge >= 0.3 is 0 Å². The van der Waals surface area contributed by atoms with Crippen molar-refractivity contribution in [2.75, 3.05) is 6.54 Å². The van der Waals surface area contributed by atoms with Crippen molar-refractivity contribution in [3.63, 3.8) is 0 Å². The smallest absolute Gasteiger partial charge is 0.234 e. The molecule has 0 saturated carbocycles. The highest BCUT2D eigenvalue weighted by atomic mass is 79.9. The SMILES string of the molecule is CC(C)C(Br)C(=O)NCCc1cccc(Cl)c1. The van der Waals surface area contributed by atoms with E-state index < -0.39 is 0 Å². The molecule has 0 aliphatic heterocycles. The van der Waals surface area contributed by atoms with Crippen molar-refractivity contribution in [3.8, 4) is 0 Å². The van der Waals surface area contributed by atoms with Crippen LogP contribution in [0, 0.1) is 5.92 Å². The van der Waals surface area contributed by atoms with Crippen LogP contribution in [0.3, 0.4) is 0 Å². The van der Waals surface area contributed by atoms with E-state index in [0.717, 1.165) is 17.0 Å². The number of nitrogens with one attached hydrogen (secondary N) is 1. The Morgan fingerprint density at radius 3 is 2.76 bits per heavy atom. The molecular weight excluding hydrogens is 302 g/mol. The average Bonchev–Trinajstić information content (AvgIpc) is 2.27. The molecule has 2 nitrogen and oxygen atoms in total. The molecule has 1 rings (SSSR count). The molecule has 0 spiro atoms. The molecule has 0 saturated heterocycles. The van der Waals surface area contributed by atoms with E-state index >= 15 is 0 Å².